The van der Waals surface area contributed by atoms with Gasteiger partial charge in [-0.3, -0.25) is 4.79 Å². The maximum absolute atomic E-state index is 11.0. The Balaban J connectivity index is 2.12. The lowest BCUT2D eigenvalue weighted by Crippen LogP contribution is -2.38. The van der Waals surface area contributed by atoms with Crippen LogP contribution in [0.5, 0.6) is 5.75 Å². The van der Waals surface area contributed by atoms with Gasteiger partial charge >= 0.3 is 0 Å². The highest BCUT2D eigenvalue weighted by Gasteiger charge is 2.30. The summed E-state index contributed by atoms with van der Waals surface area (Å²) in [5.41, 5.74) is -0.515. The molecule has 1 saturated carbocycles. The summed E-state index contributed by atoms with van der Waals surface area (Å²) in [5, 5.41) is 11.0. The molecule has 0 amide bonds. The van der Waals surface area contributed by atoms with Crippen LogP contribution >= 0.6 is 23.2 Å². The van der Waals surface area contributed by atoms with Gasteiger partial charge < -0.3 is 9.84 Å². The van der Waals surface area contributed by atoms with Gasteiger partial charge in [0.15, 0.2) is 6.29 Å². The number of halogens is 2. The zero-order chi connectivity index (χ0) is 13.9. The van der Waals surface area contributed by atoms with Gasteiger partial charge in [0, 0.05) is 5.02 Å². The van der Waals surface area contributed by atoms with E-state index in [1.165, 1.54) is 12.1 Å². The monoisotopic (exact) mass is 302 g/mol. The maximum atomic E-state index is 11.0. The summed E-state index contributed by atoms with van der Waals surface area (Å²) in [6.07, 6.45) is 5.22. The molecule has 1 aliphatic carbocycles. The molecule has 0 radical (unpaired) electrons. The van der Waals surface area contributed by atoms with Crippen LogP contribution in [0, 0.1) is 0 Å². The van der Waals surface area contributed by atoms with Gasteiger partial charge in [0.2, 0.25) is 0 Å². The average Bonchev–Trinajstić information content (AvgIpc) is 2.37. The Hall–Kier alpha value is -0.770. The molecule has 5 heteroatoms. The number of rotatable bonds is 4. The zero-order valence-electron chi connectivity index (χ0n) is 10.5. The summed E-state index contributed by atoms with van der Waals surface area (Å²) in [5.74, 6) is 0.292. The number of hydrogen-bond acceptors (Lipinski definition) is 3. The van der Waals surface area contributed by atoms with Crippen molar-refractivity contribution < 1.29 is 14.6 Å². The van der Waals surface area contributed by atoms with Crippen molar-refractivity contribution in [1.29, 1.82) is 0 Å². The minimum absolute atomic E-state index is 0.148. The molecule has 1 aliphatic rings. The first kappa shape index (κ1) is 14.6. The predicted octanol–water partition coefficient (Wildman–Crippen LogP) is 3.88. The Morgan fingerprint density at radius 1 is 1.26 bits per heavy atom. The molecule has 1 N–H and O–H groups in total. The lowest BCUT2D eigenvalue weighted by molar-refractivity contribution is -0.0339. The molecule has 1 aromatic rings. The molecule has 0 unspecified atom stereocenters. The van der Waals surface area contributed by atoms with Gasteiger partial charge in [0.1, 0.15) is 12.4 Å². The first-order valence-electron chi connectivity index (χ1n) is 6.33. The highest BCUT2D eigenvalue weighted by Crippen LogP contribution is 2.34. The van der Waals surface area contributed by atoms with Gasteiger partial charge in [0.05, 0.1) is 16.2 Å². The van der Waals surface area contributed by atoms with E-state index >= 15 is 0 Å². The molecule has 2 rings (SSSR count). The number of hydrogen-bond donors (Lipinski definition) is 1. The van der Waals surface area contributed by atoms with Crippen LogP contribution in [0.15, 0.2) is 12.1 Å². The molecule has 0 saturated heterocycles. The van der Waals surface area contributed by atoms with Crippen LogP contribution in [-0.2, 0) is 0 Å². The van der Waals surface area contributed by atoms with Gasteiger partial charge in [-0.2, -0.15) is 0 Å². The third kappa shape index (κ3) is 3.62. The van der Waals surface area contributed by atoms with E-state index in [0.717, 1.165) is 19.3 Å². The second-order valence-corrected chi connectivity index (χ2v) is 5.84. The van der Waals surface area contributed by atoms with Crippen molar-refractivity contribution in [2.45, 2.75) is 37.7 Å². The number of aliphatic hydroxyl groups is 1. The fraction of sp³-hybridized carbons (Fsp3) is 0.500. The second-order valence-electron chi connectivity index (χ2n) is 5.00. The van der Waals surface area contributed by atoms with E-state index in [-0.39, 0.29) is 11.6 Å². The summed E-state index contributed by atoms with van der Waals surface area (Å²) in [7, 11) is 0. The third-order valence-electron chi connectivity index (χ3n) is 3.43. The van der Waals surface area contributed by atoms with Crippen molar-refractivity contribution in [3.05, 3.63) is 27.7 Å². The highest BCUT2D eigenvalue weighted by atomic mass is 35.5. The number of benzene rings is 1. The molecule has 19 heavy (non-hydrogen) atoms. The van der Waals surface area contributed by atoms with Crippen molar-refractivity contribution in [3.8, 4) is 5.75 Å². The van der Waals surface area contributed by atoms with Crippen molar-refractivity contribution in [3.63, 3.8) is 0 Å². The Bertz CT molecular complexity index is 468. The van der Waals surface area contributed by atoms with Gasteiger partial charge in [-0.1, -0.05) is 42.5 Å². The van der Waals surface area contributed by atoms with E-state index in [1.807, 2.05) is 0 Å². The molecule has 1 fully saturated rings. The van der Waals surface area contributed by atoms with Crippen molar-refractivity contribution >= 4 is 29.5 Å². The molecule has 104 valence electrons. The summed E-state index contributed by atoms with van der Waals surface area (Å²) in [4.78, 5) is 11.0. The van der Waals surface area contributed by atoms with E-state index < -0.39 is 5.60 Å². The molecule has 3 nitrogen and oxygen atoms in total. The van der Waals surface area contributed by atoms with E-state index in [4.69, 9.17) is 27.9 Å². The Kier molecular flexibility index (Phi) is 4.71. The Morgan fingerprint density at radius 2 is 1.95 bits per heavy atom. The van der Waals surface area contributed by atoms with Crippen molar-refractivity contribution in [2.75, 3.05) is 6.61 Å². The highest BCUT2D eigenvalue weighted by molar-refractivity contribution is 6.36. The largest absolute Gasteiger partial charge is 0.488 e. The fourth-order valence-electron chi connectivity index (χ4n) is 2.38. The quantitative estimate of drug-likeness (QED) is 0.859. The van der Waals surface area contributed by atoms with Crippen LogP contribution in [0.2, 0.25) is 10.0 Å². The van der Waals surface area contributed by atoms with Crippen LogP contribution < -0.4 is 4.74 Å². The standard InChI is InChI=1S/C14H16Cl2O3/c15-11-6-10(8-17)13(12(16)7-11)19-9-14(18)4-2-1-3-5-14/h6-8,18H,1-5,9H2. The number of carbonyl (C=O) groups excluding carboxylic acids is 1. The molecule has 0 aromatic heterocycles. The lowest BCUT2D eigenvalue weighted by Gasteiger charge is -2.32. The second kappa shape index (κ2) is 6.12. The lowest BCUT2D eigenvalue weighted by atomic mass is 9.85. The SMILES string of the molecule is O=Cc1cc(Cl)cc(Cl)c1OCC1(O)CCCCC1. The first-order valence-corrected chi connectivity index (χ1v) is 7.09. The predicted molar refractivity (Wildman–Crippen MR) is 75.4 cm³/mol. The number of ether oxygens (including phenoxy) is 1. The fourth-order valence-corrected chi connectivity index (χ4v) is 2.94. The molecular weight excluding hydrogens is 287 g/mol. The maximum Gasteiger partial charge on any atom is 0.153 e. The normalized spacial score (nSPS) is 18.1. The van der Waals surface area contributed by atoms with Crippen LogP contribution in [-0.4, -0.2) is 23.6 Å². The average molecular weight is 303 g/mol. The van der Waals surface area contributed by atoms with Gasteiger partial charge in [0.25, 0.3) is 0 Å². The van der Waals surface area contributed by atoms with Crippen LogP contribution in [0.25, 0.3) is 0 Å². The third-order valence-corrected chi connectivity index (χ3v) is 3.93. The first-order chi connectivity index (χ1) is 9.04. The van der Waals surface area contributed by atoms with Gasteiger partial charge in [-0.05, 0) is 25.0 Å². The molecule has 0 bridgehead atoms. The molecule has 1 aromatic carbocycles. The van der Waals surface area contributed by atoms with Crippen LogP contribution in [0.1, 0.15) is 42.5 Å². The number of aldehydes is 1. The molecule has 0 heterocycles. The topological polar surface area (TPSA) is 46.5 Å². The van der Waals surface area contributed by atoms with Crippen LogP contribution in [0.4, 0.5) is 0 Å². The molecule has 0 atom stereocenters. The van der Waals surface area contributed by atoms with Crippen LogP contribution in [0.3, 0.4) is 0 Å². The number of carbonyl (C=O) groups is 1. The van der Waals surface area contributed by atoms with Gasteiger partial charge in [-0.15, -0.1) is 0 Å². The summed E-state index contributed by atoms with van der Waals surface area (Å²) >= 11 is 11.9. The van der Waals surface area contributed by atoms with Crippen molar-refractivity contribution in [2.24, 2.45) is 0 Å². The van der Waals surface area contributed by atoms with Crippen molar-refractivity contribution in [1.82, 2.24) is 0 Å². The summed E-state index contributed by atoms with van der Waals surface area (Å²) in [6, 6.07) is 3.02. The molecule has 0 spiro atoms. The summed E-state index contributed by atoms with van der Waals surface area (Å²) < 4.78 is 5.58. The van der Waals surface area contributed by atoms with E-state index in [9.17, 15) is 9.90 Å². The minimum atomic E-state index is -0.818. The molecule has 0 aliphatic heterocycles. The van der Waals surface area contributed by atoms with E-state index in [2.05, 4.69) is 0 Å². The summed E-state index contributed by atoms with van der Waals surface area (Å²) in [6.45, 7) is 0.148. The molecular formula is C14H16Cl2O3. The Morgan fingerprint density at radius 3 is 2.58 bits per heavy atom. The van der Waals surface area contributed by atoms with Gasteiger partial charge in [-0.25, -0.2) is 0 Å². The Labute approximate surface area is 122 Å². The van der Waals surface area contributed by atoms with E-state index in [1.54, 1.807) is 0 Å². The zero-order valence-corrected chi connectivity index (χ0v) is 12.0. The minimum Gasteiger partial charge on any atom is -0.488 e. The van der Waals surface area contributed by atoms with E-state index in [0.29, 0.717) is 35.5 Å². The smallest absolute Gasteiger partial charge is 0.153 e.